The summed E-state index contributed by atoms with van der Waals surface area (Å²) in [5, 5.41) is 3.62. The average Bonchev–Trinajstić information content (AvgIpc) is 2.44. The van der Waals surface area contributed by atoms with Gasteiger partial charge in [-0.15, -0.1) is 0 Å². The van der Waals surface area contributed by atoms with E-state index in [4.69, 9.17) is 0 Å². The Balaban J connectivity index is 2.60. The molecule has 1 unspecified atom stereocenters. The molecule has 0 saturated heterocycles. The van der Waals surface area contributed by atoms with E-state index in [9.17, 15) is 0 Å². The minimum atomic E-state index is 0.772. The third-order valence-corrected chi connectivity index (χ3v) is 4.29. The van der Waals surface area contributed by atoms with Gasteiger partial charge in [-0.05, 0) is 56.7 Å². The molecule has 0 bridgehead atoms. The van der Waals surface area contributed by atoms with E-state index in [2.05, 4.69) is 57.3 Å². The highest BCUT2D eigenvalue weighted by Gasteiger charge is 2.14. The zero-order valence-corrected chi connectivity index (χ0v) is 13.9. The lowest BCUT2D eigenvalue weighted by molar-refractivity contribution is 0.338. The highest BCUT2D eigenvalue weighted by Crippen LogP contribution is 2.22. The molecule has 0 amide bonds. The van der Waals surface area contributed by atoms with Crippen LogP contribution in [0.1, 0.15) is 57.6 Å². The fraction of sp³-hybridized carbons (Fsp3) is 0.684. The van der Waals surface area contributed by atoms with Crippen LogP contribution in [0.15, 0.2) is 24.3 Å². The van der Waals surface area contributed by atoms with Crippen molar-refractivity contribution in [3.05, 3.63) is 35.4 Å². The van der Waals surface area contributed by atoms with Gasteiger partial charge in [0, 0.05) is 0 Å². The van der Waals surface area contributed by atoms with Crippen LogP contribution < -0.4 is 5.32 Å². The number of aryl methyl sites for hydroxylation is 1. The minimum Gasteiger partial charge on any atom is -0.316 e. The van der Waals surface area contributed by atoms with Crippen LogP contribution >= 0.6 is 0 Å². The first-order valence-corrected chi connectivity index (χ1v) is 8.45. The maximum atomic E-state index is 3.62. The van der Waals surface area contributed by atoms with Gasteiger partial charge in [-0.1, -0.05) is 63.4 Å². The number of nitrogens with one attached hydrogen (secondary N) is 1. The normalized spacial score (nSPS) is 12.8. The molecule has 1 atom stereocenters. The van der Waals surface area contributed by atoms with Gasteiger partial charge in [0.25, 0.3) is 0 Å². The van der Waals surface area contributed by atoms with Crippen molar-refractivity contribution in [2.24, 2.45) is 11.8 Å². The summed E-state index contributed by atoms with van der Waals surface area (Å²) in [6.07, 6.45) is 6.43. The molecule has 0 fully saturated rings. The Morgan fingerprint density at radius 3 is 2.40 bits per heavy atom. The first-order valence-electron chi connectivity index (χ1n) is 8.45. The quantitative estimate of drug-likeness (QED) is 0.594. The van der Waals surface area contributed by atoms with Gasteiger partial charge in [0.05, 0.1) is 0 Å². The first kappa shape index (κ1) is 17.2. The zero-order chi connectivity index (χ0) is 14.8. The second-order valence-electron chi connectivity index (χ2n) is 6.18. The van der Waals surface area contributed by atoms with E-state index < -0.39 is 0 Å². The van der Waals surface area contributed by atoms with Crippen molar-refractivity contribution in [2.75, 3.05) is 13.1 Å². The van der Waals surface area contributed by atoms with Crippen LogP contribution in [0.3, 0.4) is 0 Å². The van der Waals surface area contributed by atoms with Gasteiger partial charge >= 0.3 is 0 Å². The molecule has 0 heterocycles. The fourth-order valence-corrected chi connectivity index (χ4v) is 2.99. The summed E-state index contributed by atoms with van der Waals surface area (Å²) in [7, 11) is 0. The van der Waals surface area contributed by atoms with Gasteiger partial charge in [0.2, 0.25) is 0 Å². The number of rotatable bonds is 10. The maximum absolute atomic E-state index is 3.62. The summed E-state index contributed by atoms with van der Waals surface area (Å²) in [4.78, 5) is 0. The Kier molecular flexibility index (Phi) is 8.60. The summed E-state index contributed by atoms with van der Waals surface area (Å²) >= 11 is 0. The van der Waals surface area contributed by atoms with Crippen LogP contribution in [-0.4, -0.2) is 13.1 Å². The van der Waals surface area contributed by atoms with Gasteiger partial charge in [0.1, 0.15) is 0 Å². The van der Waals surface area contributed by atoms with E-state index in [1.54, 1.807) is 0 Å². The molecular formula is C19H33N. The lowest BCUT2D eigenvalue weighted by Gasteiger charge is -2.23. The van der Waals surface area contributed by atoms with Crippen molar-refractivity contribution in [1.29, 1.82) is 0 Å². The van der Waals surface area contributed by atoms with Gasteiger partial charge in [0.15, 0.2) is 0 Å². The minimum absolute atomic E-state index is 0.772. The molecule has 1 rings (SSSR count). The number of hydrogen-bond acceptors (Lipinski definition) is 1. The van der Waals surface area contributed by atoms with Gasteiger partial charge < -0.3 is 5.32 Å². The standard InChI is InChI=1S/C19H33N/c1-5-11-20-15-19(13-17(6-2)7-3)14-18-10-8-9-16(4)12-18/h8-10,12,17,19-20H,5-7,11,13-15H2,1-4H3. The molecule has 1 aromatic carbocycles. The Morgan fingerprint density at radius 2 is 1.80 bits per heavy atom. The molecular weight excluding hydrogens is 242 g/mol. The van der Waals surface area contributed by atoms with E-state index in [0.29, 0.717) is 0 Å². The van der Waals surface area contributed by atoms with E-state index in [-0.39, 0.29) is 0 Å². The van der Waals surface area contributed by atoms with Crippen molar-refractivity contribution >= 4 is 0 Å². The molecule has 0 aliphatic heterocycles. The van der Waals surface area contributed by atoms with E-state index in [0.717, 1.165) is 24.9 Å². The lowest BCUT2D eigenvalue weighted by atomic mass is 9.86. The second kappa shape index (κ2) is 9.99. The third-order valence-electron chi connectivity index (χ3n) is 4.29. The Labute approximate surface area is 126 Å². The summed E-state index contributed by atoms with van der Waals surface area (Å²) < 4.78 is 0. The molecule has 0 spiro atoms. The van der Waals surface area contributed by atoms with E-state index >= 15 is 0 Å². The molecule has 0 saturated carbocycles. The molecule has 0 aliphatic carbocycles. The Bertz CT molecular complexity index is 355. The lowest BCUT2D eigenvalue weighted by Crippen LogP contribution is -2.26. The molecule has 114 valence electrons. The van der Waals surface area contributed by atoms with Crippen LogP contribution in [0.25, 0.3) is 0 Å². The molecule has 20 heavy (non-hydrogen) atoms. The van der Waals surface area contributed by atoms with Gasteiger partial charge in [-0.3, -0.25) is 0 Å². The molecule has 0 aromatic heterocycles. The van der Waals surface area contributed by atoms with Crippen molar-refractivity contribution in [3.8, 4) is 0 Å². The first-order chi connectivity index (χ1) is 9.69. The molecule has 0 aliphatic rings. The Hall–Kier alpha value is -0.820. The monoisotopic (exact) mass is 275 g/mol. The topological polar surface area (TPSA) is 12.0 Å². The predicted octanol–water partition coefficient (Wildman–Crippen LogP) is 4.98. The van der Waals surface area contributed by atoms with Crippen LogP contribution in [-0.2, 0) is 6.42 Å². The zero-order valence-electron chi connectivity index (χ0n) is 13.9. The molecule has 1 aromatic rings. The largest absolute Gasteiger partial charge is 0.316 e. The number of benzene rings is 1. The van der Waals surface area contributed by atoms with Crippen LogP contribution in [0.5, 0.6) is 0 Å². The van der Waals surface area contributed by atoms with E-state index in [1.807, 2.05) is 0 Å². The maximum Gasteiger partial charge on any atom is -0.00172 e. The van der Waals surface area contributed by atoms with Crippen LogP contribution in [0.2, 0.25) is 0 Å². The van der Waals surface area contributed by atoms with Crippen LogP contribution in [0, 0.1) is 18.8 Å². The van der Waals surface area contributed by atoms with Crippen LogP contribution in [0.4, 0.5) is 0 Å². The molecule has 1 N–H and O–H groups in total. The van der Waals surface area contributed by atoms with Gasteiger partial charge in [-0.25, -0.2) is 0 Å². The van der Waals surface area contributed by atoms with Gasteiger partial charge in [-0.2, -0.15) is 0 Å². The summed E-state index contributed by atoms with van der Waals surface area (Å²) in [6, 6.07) is 9.01. The van der Waals surface area contributed by atoms with Crippen molar-refractivity contribution in [2.45, 2.75) is 59.8 Å². The summed E-state index contributed by atoms with van der Waals surface area (Å²) in [5.74, 6) is 1.65. The van der Waals surface area contributed by atoms with Crippen molar-refractivity contribution < 1.29 is 0 Å². The smallest absolute Gasteiger partial charge is 0.00172 e. The molecule has 1 nitrogen and oxygen atoms in total. The Morgan fingerprint density at radius 1 is 1.05 bits per heavy atom. The fourth-order valence-electron chi connectivity index (χ4n) is 2.99. The van der Waals surface area contributed by atoms with Crippen molar-refractivity contribution in [3.63, 3.8) is 0 Å². The van der Waals surface area contributed by atoms with Crippen molar-refractivity contribution in [1.82, 2.24) is 5.32 Å². The highest BCUT2D eigenvalue weighted by atomic mass is 14.8. The second-order valence-corrected chi connectivity index (χ2v) is 6.18. The third kappa shape index (κ3) is 6.56. The molecule has 1 heteroatoms. The van der Waals surface area contributed by atoms with E-state index in [1.165, 1.54) is 43.2 Å². The SMILES string of the molecule is CCCNCC(Cc1cccc(C)c1)CC(CC)CC. The predicted molar refractivity (Wildman–Crippen MR) is 90.2 cm³/mol. The summed E-state index contributed by atoms with van der Waals surface area (Å²) in [6.45, 7) is 11.4. The molecule has 0 radical (unpaired) electrons. The summed E-state index contributed by atoms with van der Waals surface area (Å²) in [5.41, 5.74) is 2.88. The average molecular weight is 275 g/mol. The number of hydrogen-bond donors (Lipinski definition) is 1. The highest BCUT2D eigenvalue weighted by molar-refractivity contribution is 5.22.